The molecule has 1 aliphatic rings. The van der Waals surface area contributed by atoms with Crippen LogP contribution in [-0.4, -0.2) is 34.3 Å². The molecule has 0 saturated carbocycles. The molecule has 0 amide bonds. The van der Waals surface area contributed by atoms with Gasteiger partial charge in [0.1, 0.15) is 5.82 Å². The number of aryl methyl sites for hydroxylation is 2. The van der Waals surface area contributed by atoms with Crippen molar-refractivity contribution in [1.82, 2.24) is 14.8 Å². The van der Waals surface area contributed by atoms with E-state index < -0.39 is 16.0 Å². The van der Waals surface area contributed by atoms with Crippen LogP contribution in [0.3, 0.4) is 0 Å². The molecule has 0 atom stereocenters. The number of hydrogen-bond acceptors (Lipinski definition) is 5. The molecular formula is C22H24N4O4S. The second-order valence-corrected chi connectivity index (χ2v) is 9.31. The van der Waals surface area contributed by atoms with Gasteiger partial charge in [-0.1, -0.05) is 30.7 Å². The molecule has 0 aliphatic carbocycles. The minimum atomic E-state index is -3.78. The van der Waals surface area contributed by atoms with Crippen molar-refractivity contribution >= 4 is 21.7 Å². The first-order valence-corrected chi connectivity index (χ1v) is 11.8. The Bertz CT molecular complexity index is 1190. The molecule has 2 heterocycles. The zero-order chi connectivity index (χ0) is 21.8. The number of rotatable bonds is 7. The summed E-state index contributed by atoms with van der Waals surface area (Å²) in [4.78, 5) is 10.8. The molecule has 1 aliphatic heterocycles. The third kappa shape index (κ3) is 4.93. The number of carbonyl (C=O) groups is 1. The summed E-state index contributed by atoms with van der Waals surface area (Å²) >= 11 is 0. The highest BCUT2D eigenvalue weighted by Crippen LogP contribution is 2.26. The van der Waals surface area contributed by atoms with Crippen LogP contribution in [-0.2, 0) is 34.2 Å². The molecule has 0 saturated heterocycles. The second-order valence-electron chi connectivity index (χ2n) is 7.63. The fraction of sp³-hybridized carbons (Fsp3) is 0.318. The quantitative estimate of drug-likeness (QED) is 0.581. The van der Waals surface area contributed by atoms with Gasteiger partial charge in [0.15, 0.2) is 5.82 Å². The zero-order valence-electron chi connectivity index (χ0n) is 17.0. The van der Waals surface area contributed by atoms with Gasteiger partial charge in [-0.05, 0) is 49.1 Å². The second kappa shape index (κ2) is 8.89. The molecule has 4 rings (SSSR count). The first-order chi connectivity index (χ1) is 14.9. The first-order valence-electron chi connectivity index (χ1n) is 10.3. The van der Waals surface area contributed by atoms with E-state index in [0.717, 1.165) is 55.0 Å². The summed E-state index contributed by atoms with van der Waals surface area (Å²) in [6.07, 6.45) is 4.61. The zero-order valence-corrected chi connectivity index (χ0v) is 17.8. The molecule has 0 spiro atoms. The van der Waals surface area contributed by atoms with Crippen LogP contribution in [0.2, 0.25) is 0 Å². The Morgan fingerprint density at radius 3 is 2.65 bits per heavy atom. The van der Waals surface area contributed by atoms with E-state index in [4.69, 9.17) is 5.11 Å². The number of anilines is 1. The number of hydrogen-bond donors (Lipinski definition) is 2. The SMILES string of the molecule is O=C(O)CCc1ccc(S(=O)(=O)Nc2cccc(-c3nnc4n3CCCCC4)c2)cc1. The number of benzene rings is 2. The summed E-state index contributed by atoms with van der Waals surface area (Å²) in [7, 11) is -3.78. The summed E-state index contributed by atoms with van der Waals surface area (Å²) in [6, 6.07) is 13.4. The van der Waals surface area contributed by atoms with Gasteiger partial charge in [0, 0.05) is 30.6 Å². The fourth-order valence-corrected chi connectivity index (χ4v) is 4.77. The fourth-order valence-electron chi connectivity index (χ4n) is 3.72. The molecule has 1 aromatic heterocycles. The van der Waals surface area contributed by atoms with Crippen LogP contribution in [0, 0.1) is 0 Å². The predicted octanol–water partition coefficient (Wildman–Crippen LogP) is 3.49. The van der Waals surface area contributed by atoms with Crippen molar-refractivity contribution in [2.45, 2.75) is 50.0 Å². The third-order valence-corrected chi connectivity index (χ3v) is 6.74. The number of fused-ring (bicyclic) bond motifs is 1. The Morgan fingerprint density at radius 2 is 1.87 bits per heavy atom. The van der Waals surface area contributed by atoms with Crippen molar-refractivity contribution in [3.63, 3.8) is 0 Å². The lowest BCUT2D eigenvalue weighted by Crippen LogP contribution is -2.13. The standard InChI is InChI=1S/C22H24N4O4S/c27-21(28)13-10-16-8-11-19(12-9-16)31(29,30)25-18-6-4-5-17(15-18)22-24-23-20-7-2-1-3-14-26(20)22/h4-6,8-9,11-12,15,25H,1-3,7,10,13-14H2,(H,27,28). The maximum Gasteiger partial charge on any atom is 0.303 e. The monoisotopic (exact) mass is 440 g/mol. The van der Waals surface area contributed by atoms with Crippen LogP contribution in [0.25, 0.3) is 11.4 Å². The summed E-state index contributed by atoms with van der Waals surface area (Å²) < 4.78 is 30.4. The molecule has 2 N–H and O–H groups in total. The predicted molar refractivity (Wildman–Crippen MR) is 116 cm³/mol. The van der Waals surface area contributed by atoms with Crippen LogP contribution in [0.5, 0.6) is 0 Å². The minimum Gasteiger partial charge on any atom is -0.481 e. The summed E-state index contributed by atoms with van der Waals surface area (Å²) in [5, 5.41) is 17.4. The van der Waals surface area contributed by atoms with Crippen molar-refractivity contribution in [3.8, 4) is 11.4 Å². The average molecular weight is 441 g/mol. The first kappa shape index (κ1) is 21.0. The van der Waals surface area contributed by atoms with Gasteiger partial charge < -0.3 is 9.67 Å². The lowest BCUT2D eigenvalue weighted by molar-refractivity contribution is -0.136. The number of nitrogens with zero attached hydrogens (tertiary/aromatic N) is 3. The topological polar surface area (TPSA) is 114 Å². The minimum absolute atomic E-state index is 0.00344. The summed E-state index contributed by atoms with van der Waals surface area (Å²) in [5.41, 5.74) is 2.03. The Balaban J connectivity index is 1.53. The molecule has 3 aromatic rings. The average Bonchev–Trinajstić information content (AvgIpc) is 3.01. The summed E-state index contributed by atoms with van der Waals surface area (Å²) in [6.45, 7) is 0.863. The van der Waals surface area contributed by atoms with Crippen molar-refractivity contribution in [2.24, 2.45) is 0 Å². The Kier molecular flexibility index (Phi) is 6.03. The van der Waals surface area contributed by atoms with Gasteiger partial charge >= 0.3 is 5.97 Å². The summed E-state index contributed by atoms with van der Waals surface area (Å²) in [5.74, 6) is 0.838. The highest BCUT2D eigenvalue weighted by atomic mass is 32.2. The van der Waals surface area contributed by atoms with Crippen molar-refractivity contribution in [1.29, 1.82) is 0 Å². The molecule has 31 heavy (non-hydrogen) atoms. The lowest BCUT2D eigenvalue weighted by Gasteiger charge is -2.11. The van der Waals surface area contributed by atoms with Crippen LogP contribution in [0.1, 0.15) is 37.1 Å². The number of aliphatic carboxylic acids is 1. The maximum absolute atomic E-state index is 12.8. The van der Waals surface area contributed by atoms with Gasteiger partial charge in [-0.3, -0.25) is 9.52 Å². The number of nitrogens with one attached hydrogen (secondary N) is 1. The number of aromatic nitrogens is 3. The van der Waals surface area contributed by atoms with Gasteiger partial charge in [-0.2, -0.15) is 0 Å². The van der Waals surface area contributed by atoms with Crippen molar-refractivity contribution in [3.05, 3.63) is 59.9 Å². The number of carboxylic acid groups (broad SMARTS) is 1. The molecule has 162 valence electrons. The molecule has 0 bridgehead atoms. The Labute approximate surface area is 181 Å². The van der Waals surface area contributed by atoms with E-state index in [9.17, 15) is 13.2 Å². The van der Waals surface area contributed by atoms with Crippen LogP contribution in [0.4, 0.5) is 5.69 Å². The molecule has 8 nitrogen and oxygen atoms in total. The van der Waals surface area contributed by atoms with E-state index in [1.54, 1.807) is 30.3 Å². The Hall–Kier alpha value is -3.20. The highest BCUT2D eigenvalue weighted by molar-refractivity contribution is 7.92. The molecule has 0 unspecified atom stereocenters. The maximum atomic E-state index is 12.8. The van der Waals surface area contributed by atoms with Gasteiger partial charge in [0.2, 0.25) is 0 Å². The largest absolute Gasteiger partial charge is 0.481 e. The molecular weight excluding hydrogens is 416 g/mol. The molecule has 9 heteroatoms. The van der Waals surface area contributed by atoms with Crippen molar-refractivity contribution < 1.29 is 18.3 Å². The van der Waals surface area contributed by atoms with E-state index in [1.165, 1.54) is 12.1 Å². The van der Waals surface area contributed by atoms with E-state index in [-0.39, 0.29) is 11.3 Å². The van der Waals surface area contributed by atoms with Crippen LogP contribution < -0.4 is 4.72 Å². The van der Waals surface area contributed by atoms with Crippen LogP contribution in [0.15, 0.2) is 53.4 Å². The number of carboxylic acids is 1. The third-order valence-electron chi connectivity index (χ3n) is 5.34. The smallest absolute Gasteiger partial charge is 0.303 e. The molecule has 0 fully saturated rings. The van der Waals surface area contributed by atoms with Gasteiger partial charge in [-0.15, -0.1) is 10.2 Å². The molecule has 0 radical (unpaired) electrons. The number of sulfonamides is 1. The van der Waals surface area contributed by atoms with Gasteiger partial charge in [0.25, 0.3) is 10.0 Å². The Morgan fingerprint density at radius 1 is 1.06 bits per heavy atom. The van der Waals surface area contributed by atoms with Gasteiger partial charge in [-0.25, -0.2) is 8.42 Å². The normalized spacial score (nSPS) is 13.9. The van der Waals surface area contributed by atoms with Crippen molar-refractivity contribution in [2.75, 3.05) is 4.72 Å². The van der Waals surface area contributed by atoms with Gasteiger partial charge in [0.05, 0.1) is 4.90 Å². The van der Waals surface area contributed by atoms with E-state index in [1.807, 2.05) is 6.07 Å². The van der Waals surface area contributed by atoms with Crippen LogP contribution >= 0.6 is 0 Å². The van der Waals surface area contributed by atoms with E-state index in [2.05, 4.69) is 19.5 Å². The molecule has 2 aromatic carbocycles. The lowest BCUT2D eigenvalue weighted by atomic mass is 10.1. The van der Waals surface area contributed by atoms with E-state index in [0.29, 0.717) is 12.1 Å². The van der Waals surface area contributed by atoms with E-state index >= 15 is 0 Å². The highest BCUT2D eigenvalue weighted by Gasteiger charge is 2.18.